The second-order valence-corrected chi connectivity index (χ2v) is 7.74. The van der Waals surface area contributed by atoms with Crippen LogP contribution in [0.1, 0.15) is 0 Å². The summed E-state index contributed by atoms with van der Waals surface area (Å²) in [5, 5.41) is 11.2. The van der Waals surface area contributed by atoms with Gasteiger partial charge in [-0.25, -0.2) is 17.9 Å². The lowest BCUT2D eigenvalue weighted by Gasteiger charge is -2.17. The molecule has 0 saturated heterocycles. The molecular formula is C11H13ClN4O4S2. The van der Waals surface area contributed by atoms with E-state index in [1.54, 1.807) is 18.5 Å². The number of hydrogen-bond donors (Lipinski definition) is 3. The molecule has 8 nitrogen and oxygen atoms in total. The van der Waals surface area contributed by atoms with Crippen LogP contribution >= 0.6 is 22.9 Å². The third-order valence-corrected chi connectivity index (χ3v) is 5.82. The van der Waals surface area contributed by atoms with Crippen LogP contribution in [0.25, 0.3) is 0 Å². The minimum atomic E-state index is -3.76. The average molecular weight is 365 g/mol. The van der Waals surface area contributed by atoms with Crippen molar-refractivity contribution < 1.29 is 18.3 Å². The van der Waals surface area contributed by atoms with Crippen molar-refractivity contribution in [1.29, 1.82) is 0 Å². The maximum atomic E-state index is 12.0. The number of halogens is 1. The summed E-state index contributed by atoms with van der Waals surface area (Å²) >= 11 is 6.78. The molecule has 0 atom stereocenters. The first kappa shape index (κ1) is 16.9. The molecule has 2 rings (SSSR count). The van der Waals surface area contributed by atoms with Gasteiger partial charge < -0.3 is 10.4 Å². The van der Waals surface area contributed by atoms with Crippen LogP contribution in [0, 0.1) is 0 Å². The average Bonchev–Trinajstić information content (AvgIpc) is 2.88. The summed E-state index contributed by atoms with van der Waals surface area (Å²) in [4.78, 5) is 17.2. The second kappa shape index (κ2) is 7.20. The van der Waals surface area contributed by atoms with Gasteiger partial charge in [0.05, 0.1) is 12.3 Å². The van der Waals surface area contributed by atoms with E-state index in [1.165, 1.54) is 11.0 Å². The van der Waals surface area contributed by atoms with Crippen LogP contribution in [0.15, 0.2) is 27.5 Å². The highest BCUT2D eigenvalue weighted by atomic mass is 35.5. The summed E-state index contributed by atoms with van der Waals surface area (Å²) in [6.07, 6.45) is 4.72. The van der Waals surface area contributed by atoms with Gasteiger partial charge in [-0.15, -0.1) is 11.3 Å². The zero-order chi connectivity index (χ0) is 16.2. The lowest BCUT2D eigenvalue weighted by atomic mass is 10.5. The Bertz CT molecular complexity index is 714. The van der Waals surface area contributed by atoms with E-state index in [0.29, 0.717) is 0 Å². The number of thiophene rings is 1. The number of urea groups is 1. The van der Waals surface area contributed by atoms with Gasteiger partial charge in [0.1, 0.15) is 15.2 Å². The van der Waals surface area contributed by atoms with E-state index in [-0.39, 0.29) is 34.1 Å². The lowest BCUT2D eigenvalue weighted by Crippen LogP contribution is -2.31. The Morgan fingerprint density at radius 3 is 2.95 bits per heavy atom. The molecule has 0 radical (unpaired) electrons. The van der Waals surface area contributed by atoms with E-state index in [0.717, 1.165) is 11.3 Å². The molecule has 1 aromatic rings. The second-order valence-electron chi connectivity index (χ2n) is 4.09. The van der Waals surface area contributed by atoms with Gasteiger partial charge in [-0.2, -0.15) is 0 Å². The van der Waals surface area contributed by atoms with Gasteiger partial charge in [-0.3, -0.25) is 9.89 Å². The smallest absolute Gasteiger partial charge is 0.327 e. The number of aliphatic hydroxyl groups is 1. The minimum Gasteiger partial charge on any atom is -0.395 e. The van der Waals surface area contributed by atoms with Crippen LogP contribution in [0.4, 0.5) is 10.5 Å². The van der Waals surface area contributed by atoms with Crippen molar-refractivity contribution >= 4 is 50.9 Å². The van der Waals surface area contributed by atoms with Crippen LogP contribution in [-0.4, -0.2) is 50.5 Å². The number of rotatable bonds is 5. The third-order valence-electron chi connectivity index (χ3n) is 2.53. The highest BCUT2D eigenvalue weighted by Crippen LogP contribution is 2.35. The molecule has 11 heteroatoms. The first-order valence-electron chi connectivity index (χ1n) is 6.08. The maximum Gasteiger partial charge on any atom is 0.327 e. The minimum absolute atomic E-state index is 0.0477. The van der Waals surface area contributed by atoms with Gasteiger partial charge in [-0.1, -0.05) is 11.6 Å². The van der Waals surface area contributed by atoms with Gasteiger partial charge >= 0.3 is 6.03 Å². The number of nitrogens with one attached hydrogen (secondary N) is 2. The number of aliphatic imine (C=N–C) groups is 1. The molecule has 3 N–H and O–H groups in total. The molecule has 0 bridgehead atoms. The number of carbonyl (C=O) groups excluding carboxylic acids is 1. The lowest BCUT2D eigenvalue weighted by molar-refractivity contribution is 0.229. The van der Waals surface area contributed by atoms with E-state index < -0.39 is 16.1 Å². The summed E-state index contributed by atoms with van der Waals surface area (Å²) in [6.45, 7) is -0.243. The fraction of sp³-hybridized carbons (Fsp3) is 0.273. The fourth-order valence-electron chi connectivity index (χ4n) is 1.52. The van der Waals surface area contributed by atoms with Gasteiger partial charge in [0.25, 0.3) is 0 Å². The molecule has 0 spiro atoms. The number of amides is 2. The van der Waals surface area contributed by atoms with Crippen LogP contribution in [0.2, 0.25) is 4.34 Å². The topological polar surface area (TPSA) is 111 Å². The van der Waals surface area contributed by atoms with E-state index >= 15 is 0 Å². The summed E-state index contributed by atoms with van der Waals surface area (Å²) in [7, 11) is -3.76. The van der Waals surface area contributed by atoms with Crippen molar-refractivity contribution in [2.45, 2.75) is 4.21 Å². The van der Waals surface area contributed by atoms with Gasteiger partial charge in [0.15, 0.2) is 0 Å². The van der Waals surface area contributed by atoms with Crippen LogP contribution in [-0.2, 0) is 10.0 Å². The molecule has 2 heterocycles. The predicted molar refractivity (Wildman–Crippen MR) is 85.0 cm³/mol. The number of sulfonamides is 1. The van der Waals surface area contributed by atoms with Gasteiger partial charge in [0.2, 0.25) is 10.0 Å². The van der Waals surface area contributed by atoms with Gasteiger partial charge in [-0.05, 0) is 12.1 Å². The maximum absolute atomic E-state index is 12.0. The molecule has 1 aliphatic heterocycles. The normalized spacial score (nSPS) is 14.4. The standard InChI is InChI=1S/C11H13ClN4O4S2/c12-10-8(15-11(18)16-4-1-2-13-7-16)6-9(21-10)22(19,20)14-3-5-17/h1-2,4,6,14,17H,3,5,7H2,(H,15,18). The molecule has 22 heavy (non-hydrogen) atoms. The van der Waals surface area contributed by atoms with Crippen LogP contribution in [0.5, 0.6) is 0 Å². The summed E-state index contributed by atoms with van der Waals surface area (Å²) in [6, 6.07) is 0.793. The van der Waals surface area contributed by atoms with E-state index in [2.05, 4.69) is 15.0 Å². The molecule has 120 valence electrons. The van der Waals surface area contributed by atoms with Crippen molar-refractivity contribution in [3.8, 4) is 0 Å². The van der Waals surface area contributed by atoms with E-state index in [9.17, 15) is 13.2 Å². The largest absolute Gasteiger partial charge is 0.395 e. The zero-order valence-corrected chi connectivity index (χ0v) is 13.6. The Hall–Kier alpha value is -1.46. The molecule has 1 aliphatic rings. The Morgan fingerprint density at radius 2 is 2.32 bits per heavy atom. The van der Waals surface area contributed by atoms with E-state index in [1.807, 2.05) is 0 Å². The van der Waals surface area contributed by atoms with Crippen LogP contribution in [0.3, 0.4) is 0 Å². The Labute approximate surface area is 136 Å². The fourth-order valence-corrected chi connectivity index (χ4v) is 4.22. The zero-order valence-electron chi connectivity index (χ0n) is 11.2. The highest BCUT2D eigenvalue weighted by Gasteiger charge is 2.21. The first-order chi connectivity index (χ1) is 10.4. The predicted octanol–water partition coefficient (Wildman–Crippen LogP) is 1.06. The summed E-state index contributed by atoms with van der Waals surface area (Å²) in [5.74, 6) is 0. The molecule has 0 aliphatic carbocycles. The van der Waals surface area contributed by atoms with Crippen molar-refractivity contribution in [3.63, 3.8) is 0 Å². The number of aliphatic hydroxyl groups excluding tert-OH is 1. The van der Waals surface area contributed by atoms with Crippen molar-refractivity contribution in [2.75, 3.05) is 25.1 Å². The number of allylic oxidation sites excluding steroid dienone is 1. The molecule has 0 saturated carbocycles. The summed E-state index contributed by atoms with van der Waals surface area (Å²) < 4.78 is 26.1. The first-order valence-corrected chi connectivity index (χ1v) is 8.76. The van der Waals surface area contributed by atoms with Crippen LogP contribution < -0.4 is 10.0 Å². The molecule has 0 unspecified atom stereocenters. The molecule has 1 aromatic heterocycles. The number of carbonyl (C=O) groups is 1. The number of nitrogens with zero attached hydrogens (tertiary/aromatic N) is 2. The highest BCUT2D eigenvalue weighted by molar-refractivity contribution is 7.91. The molecule has 0 aromatic carbocycles. The summed E-state index contributed by atoms with van der Waals surface area (Å²) in [5.41, 5.74) is 0.198. The quantitative estimate of drug-likeness (QED) is 0.725. The van der Waals surface area contributed by atoms with Gasteiger partial charge in [0, 0.05) is 19.0 Å². The Kier molecular flexibility index (Phi) is 5.53. The van der Waals surface area contributed by atoms with E-state index in [4.69, 9.17) is 16.7 Å². The molecule has 2 amide bonds. The monoisotopic (exact) mass is 364 g/mol. The Balaban J connectivity index is 2.11. The molecular weight excluding hydrogens is 352 g/mol. The number of anilines is 1. The molecule has 0 fully saturated rings. The Morgan fingerprint density at radius 1 is 1.55 bits per heavy atom. The van der Waals surface area contributed by atoms with Crippen molar-refractivity contribution in [2.24, 2.45) is 4.99 Å². The number of hydrogen-bond acceptors (Lipinski definition) is 6. The third kappa shape index (κ3) is 4.05. The van der Waals surface area contributed by atoms with Crippen molar-refractivity contribution in [3.05, 3.63) is 22.7 Å². The SMILES string of the molecule is O=C(Nc1cc(S(=O)(=O)NCCO)sc1Cl)N1C=CC=NC1. The van der Waals surface area contributed by atoms with Crippen molar-refractivity contribution in [1.82, 2.24) is 9.62 Å².